The molecule has 1 unspecified atom stereocenters. The average Bonchev–Trinajstić information content (AvgIpc) is 2.60. The van der Waals surface area contributed by atoms with Crippen LogP contribution in [0.5, 0.6) is 5.75 Å². The van der Waals surface area contributed by atoms with Crippen molar-refractivity contribution in [2.75, 3.05) is 13.2 Å². The van der Waals surface area contributed by atoms with E-state index < -0.39 is 17.7 Å². The molecular formula is C14H17IN2O4. The van der Waals surface area contributed by atoms with Crippen LogP contribution in [0.15, 0.2) is 24.3 Å². The molecule has 0 aromatic heterocycles. The highest BCUT2D eigenvalue weighted by molar-refractivity contribution is 14.1. The molecule has 0 spiro atoms. The molecule has 1 aliphatic heterocycles. The second kappa shape index (κ2) is 6.18. The Morgan fingerprint density at radius 3 is 2.48 bits per heavy atom. The first-order chi connectivity index (χ1) is 9.79. The zero-order chi connectivity index (χ0) is 15.6. The molecule has 6 nitrogen and oxygen atoms in total. The van der Waals surface area contributed by atoms with Crippen molar-refractivity contribution in [2.45, 2.75) is 25.5 Å². The molecule has 114 valence electrons. The number of nitrogens with zero attached hydrogens (tertiary/aromatic N) is 1. The first-order valence-corrected chi connectivity index (χ1v) is 7.58. The van der Waals surface area contributed by atoms with Gasteiger partial charge in [0.1, 0.15) is 24.0 Å². The van der Waals surface area contributed by atoms with Crippen molar-refractivity contribution in [3.05, 3.63) is 27.8 Å². The van der Waals surface area contributed by atoms with E-state index in [1.165, 1.54) is 0 Å². The summed E-state index contributed by atoms with van der Waals surface area (Å²) < 4.78 is 6.52. The van der Waals surface area contributed by atoms with Gasteiger partial charge in [0.15, 0.2) is 0 Å². The number of benzene rings is 1. The van der Waals surface area contributed by atoms with Gasteiger partial charge in [-0.05, 0) is 60.7 Å². The van der Waals surface area contributed by atoms with E-state index in [1.807, 2.05) is 12.1 Å². The van der Waals surface area contributed by atoms with Gasteiger partial charge in [0, 0.05) is 3.57 Å². The van der Waals surface area contributed by atoms with Crippen molar-refractivity contribution in [3.8, 4) is 5.75 Å². The van der Waals surface area contributed by atoms with Crippen LogP contribution in [-0.2, 0) is 4.79 Å². The molecule has 2 N–H and O–H groups in total. The normalized spacial score (nSPS) is 18.6. The number of nitrogens with one attached hydrogen (secondary N) is 1. The number of ether oxygens (including phenoxy) is 1. The van der Waals surface area contributed by atoms with Crippen LogP contribution in [0.4, 0.5) is 4.79 Å². The predicted molar refractivity (Wildman–Crippen MR) is 85.0 cm³/mol. The Kier molecular flexibility index (Phi) is 4.72. The maximum atomic E-state index is 12.0. The van der Waals surface area contributed by atoms with Crippen LogP contribution in [0, 0.1) is 3.57 Å². The predicted octanol–water partition coefficient (Wildman–Crippen LogP) is 1.36. The molecule has 21 heavy (non-hydrogen) atoms. The number of carbonyl (C=O) groups excluding carboxylic acids is 2. The van der Waals surface area contributed by atoms with E-state index in [-0.39, 0.29) is 19.1 Å². The molecule has 0 saturated carbocycles. The fourth-order valence-electron chi connectivity index (χ4n) is 1.97. The second-order valence-electron chi connectivity index (χ2n) is 5.39. The van der Waals surface area contributed by atoms with Crippen LogP contribution in [0.3, 0.4) is 0 Å². The van der Waals surface area contributed by atoms with Crippen LogP contribution < -0.4 is 10.1 Å². The molecule has 2 rings (SSSR count). The Balaban J connectivity index is 1.87. The summed E-state index contributed by atoms with van der Waals surface area (Å²) in [6.07, 6.45) is -0.937. The molecule has 0 bridgehead atoms. The van der Waals surface area contributed by atoms with Crippen molar-refractivity contribution in [1.82, 2.24) is 10.2 Å². The molecule has 7 heteroatoms. The van der Waals surface area contributed by atoms with Crippen molar-refractivity contribution >= 4 is 34.5 Å². The van der Waals surface area contributed by atoms with Crippen LogP contribution in [-0.4, -0.2) is 46.7 Å². The third-order valence-electron chi connectivity index (χ3n) is 3.09. The third-order valence-corrected chi connectivity index (χ3v) is 3.81. The quantitative estimate of drug-likeness (QED) is 0.574. The molecule has 1 aliphatic rings. The summed E-state index contributed by atoms with van der Waals surface area (Å²) in [6.45, 7) is 3.18. The molecule has 1 heterocycles. The maximum absolute atomic E-state index is 12.0. The topological polar surface area (TPSA) is 78.9 Å². The second-order valence-corrected chi connectivity index (χ2v) is 6.64. The summed E-state index contributed by atoms with van der Waals surface area (Å²) in [7, 11) is 0. The maximum Gasteiger partial charge on any atom is 0.325 e. The first-order valence-electron chi connectivity index (χ1n) is 6.50. The van der Waals surface area contributed by atoms with E-state index in [4.69, 9.17) is 4.74 Å². The van der Waals surface area contributed by atoms with Gasteiger partial charge in [-0.15, -0.1) is 0 Å². The highest BCUT2D eigenvalue weighted by atomic mass is 127. The highest BCUT2D eigenvalue weighted by Gasteiger charge is 2.44. The van der Waals surface area contributed by atoms with Crippen LogP contribution in [0.25, 0.3) is 0 Å². The molecule has 1 atom stereocenters. The van der Waals surface area contributed by atoms with Gasteiger partial charge >= 0.3 is 6.03 Å². The minimum Gasteiger partial charge on any atom is -0.491 e. The Labute approximate surface area is 136 Å². The fourth-order valence-corrected chi connectivity index (χ4v) is 2.33. The van der Waals surface area contributed by atoms with Crippen LogP contribution >= 0.6 is 22.6 Å². The van der Waals surface area contributed by atoms with Gasteiger partial charge in [0.25, 0.3) is 5.91 Å². The van der Waals surface area contributed by atoms with Crippen molar-refractivity contribution < 1.29 is 19.4 Å². The SMILES string of the molecule is CC1(C)NC(=O)N(CC(O)COc2ccc(I)cc2)C1=O. The van der Waals surface area contributed by atoms with E-state index in [2.05, 4.69) is 27.9 Å². The van der Waals surface area contributed by atoms with Gasteiger partial charge in [0.05, 0.1) is 6.54 Å². The summed E-state index contributed by atoms with van der Waals surface area (Å²) >= 11 is 2.19. The van der Waals surface area contributed by atoms with Crippen LogP contribution in [0.1, 0.15) is 13.8 Å². The largest absolute Gasteiger partial charge is 0.491 e. The molecule has 1 aromatic rings. The zero-order valence-electron chi connectivity index (χ0n) is 11.8. The number of aliphatic hydroxyl groups excluding tert-OH is 1. The summed E-state index contributed by atoms with van der Waals surface area (Å²) in [5.41, 5.74) is -0.923. The van der Waals surface area contributed by atoms with Crippen molar-refractivity contribution in [2.24, 2.45) is 0 Å². The third kappa shape index (κ3) is 3.85. The average molecular weight is 404 g/mol. The van der Waals surface area contributed by atoms with Gasteiger partial charge in [-0.2, -0.15) is 0 Å². The number of aliphatic hydroxyl groups is 1. The molecule has 1 saturated heterocycles. The lowest BCUT2D eigenvalue weighted by molar-refractivity contribution is -0.131. The number of rotatable bonds is 5. The standard InChI is InChI=1S/C14H17IN2O4/c1-14(2)12(19)17(13(20)16-14)7-10(18)8-21-11-5-3-9(15)4-6-11/h3-6,10,18H,7-8H2,1-2H3,(H,16,20). The number of halogens is 1. The monoisotopic (exact) mass is 404 g/mol. The number of imide groups is 1. The van der Waals surface area contributed by atoms with Crippen molar-refractivity contribution in [3.63, 3.8) is 0 Å². The van der Waals surface area contributed by atoms with Gasteiger partial charge in [-0.1, -0.05) is 0 Å². The molecule has 1 aromatic carbocycles. The number of β-amino-alcohol motifs (C(OH)–C–C–N with tert-alkyl or cyclic N) is 1. The van der Waals surface area contributed by atoms with Crippen LogP contribution in [0.2, 0.25) is 0 Å². The zero-order valence-corrected chi connectivity index (χ0v) is 14.0. The fraction of sp³-hybridized carbons (Fsp3) is 0.429. The first kappa shape index (κ1) is 16.0. The van der Waals surface area contributed by atoms with Gasteiger partial charge in [-0.3, -0.25) is 9.69 Å². The van der Waals surface area contributed by atoms with E-state index in [0.29, 0.717) is 5.75 Å². The number of amides is 3. The molecule has 0 radical (unpaired) electrons. The minimum atomic E-state index is -0.937. The number of urea groups is 1. The lowest BCUT2D eigenvalue weighted by Gasteiger charge is -2.19. The van der Waals surface area contributed by atoms with Gasteiger partial charge in [-0.25, -0.2) is 4.79 Å². The molecule has 3 amide bonds. The Morgan fingerprint density at radius 1 is 1.33 bits per heavy atom. The van der Waals surface area contributed by atoms with Gasteiger partial charge in [0.2, 0.25) is 0 Å². The minimum absolute atomic E-state index is 0.0120. The Morgan fingerprint density at radius 2 is 1.95 bits per heavy atom. The summed E-state index contributed by atoms with van der Waals surface area (Å²) in [4.78, 5) is 24.7. The Hall–Kier alpha value is -1.35. The number of carbonyl (C=O) groups is 2. The van der Waals surface area contributed by atoms with Crippen molar-refractivity contribution in [1.29, 1.82) is 0 Å². The van der Waals surface area contributed by atoms with E-state index in [1.54, 1.807) is 26.0 Å². The number of hydrogen-bond acceptors (Lipinski definition) is 4. The highest BCUT2D eigenvalue weighted by Crippen LogP contribution is 2.17. The van der Waals surface area contributed by atoms with E-state index in [9.17, 15) is 14.7 Å². The smallest absolute Gasteiger partial charge is 0.325 e. The Bertz CT molecular complexity index is 544. The van der Waals surface area contributed by atoms with E-state index in [0.717, 1.165) is 8.47 Å². The molecule has 1 fully saturated rings. The summed E-state index contributed by atoms with van der Waals surface area (Å²) in [5, 5.41) is 12.5. The lowest BCUT2D eigenvalue weighted by atomic mass is 10.1. The molecular weight excluding hydrogens is 387 g/mol. The molecule has 0 aliphatic carbocycles. The lowest BCUT2D eigenvalue weighted by Crippen LogP contribution is -2.42. The van der Waals surface area contributed by atoms with E-state index >= 15 is 0 Å². The van der Waals surface area contributed by atoms with Gasteiger partial charge < -0.3 is 15.2 Å². The summed E-state index contributed by atoms with van der Waals surface area (Å²) in [5.74, 6) is 0.285. The summed E-state index contributed by atoms with van der Waals surface area (Å²) in [6, 6.07) is 6.89. The number of hydrogen-bond donors (Lipinski definition) is 2.